The Morgan fingerprint density at radius 1 is 1.33 bits per heavy atom. The highest BCUT2D eigenvalue weighted by Gasteiger charge is 2.63. The average molecular weight is 323 g/mol. The maximum Gasteiger partial charge on any atom is 0.337 e. The Bertz CT molecular complexity index is 818. The first-order valence-electron chi connectivity index (χ1n) is 8.80. The van der Waals surface area contributed by atoms with Gasteiger partial charge in [-0.15, -0.1) is 0 Å². The minimum Gasteiger partial charge on any atom is -0.455 e. The highest BCUT2D eigenvalue weighted by Crippen LogP contribution is 2.55. The van der Waals surface area contributed by atoms with E-state index < -0.39 is 5.60 Å². The van der Waals surface area contributed by atoms with Crippen LogP contribution in [-0.4, -0.2) is 22.7 Å². The Labute approximate surface area is 140 Å². The fourth-order valence-corrected chi connectivity index (χ4v) is 4.93. The molecule has 1 N–H and O–H groups in total. The Morgan fingerprint density at radius 2 is 2.21 bits per heavy atom. The second kappa shape index (κ2) is 4.96. The van der Waals surface area contributed by atoms with Crippen LogP contribution in [0.3, 0.4) is 0 Å². The first kappa shape index (κ1) is 14.3. The number of nitrogens with one attached hydrogen (secondary N) is 1. The number of hydrogen-bond donors (Lipinski definition) is 1. The van der Waals surface area contributed by atoms with E-state index in [0.717, 1.165) is 36.0 Å². The van der Waals surface area contributed by atoms with Crippen molar-refractivity contribution in [2.24, 2.45) is 11.8 Å². The van der Waals surface area contributed by atoms with Crippen LogP contribution in [0.5, 0.6) is 0 Å². The van der Waals surface area contributed by atoms with Crippen LogP contribution in [0.4, 0.5) is 0 Å². The molecule has 1 unspecified atom stereocenters. The van der Waals surface area contributed by atoms with E-state index in [4.69, 9.17) is 9.47 Å². The van der Waals surface area contributed by atoms with Crippen molar-refractivity contribution < 1.29 is 14.3 Å². The normalized spacial score (nSPS) is 34.3. The fourth-order valence-electron chi connectivity index (χ4n) is 4.93. The first-order valence-corrected chi connectivity index (χ1v) is 8.80. The van der Waals surface area contributed by atoms with Gasteiger partial charge in [0.1, 0.15) is 11.7 Å². The van der Waals surface area contributed by atoms with E-state index in [1.54, 1.807) is 0 Å². The lowest BCUT2D eigenvalue weighted by Crippen LogP contribution is -2.46. The molecule has 4 heteroatoms. The van der Waals surface area contributed by atoms with Gasteiger partial charge in [0.25, 0.3) is 0 Å². The average Bonchev–Trinajstić information content (AvgIpc) is 3.21. The molecule has 4 nitrogen and oxygen atoms in total. The molecule has 1 aliphatic heterocycles. The third-order valence-electron chi connectivity index (χ3n) is 5.91. The topological polar surface area (TPSA) is 51.3 Å². The van der Waals surface area contributed by atoms with E-state index in [2.05, 4.69) is 36.2 Å². The Balaban J connectivity index is 1.48. The monoisotopic (exact) mass is 323 g/mol. The van der Waals surface area contributed by atoms with Crippen molar-refractivity contribution in [3.63, 3.8) is 0 Å². The predicted molar refractivity (Wildman–Crippen MR) is 90.3 cm³/mol. The van der Waals surface area contributed by atoms with Crippen molar-refractivity contribution in [2.45, 2.75) is 44.5 Å². The first-order chi connectivity index (χ1) is 11.7. The number of fused-ring (bicyclic) bond motifs is 1. The number of benzene rings is 1. The molecule has 2 aromatic rings. The zero-order valence-corrected chi connectivity index (χ0v) is 13.7. The van der Waals surface area contributed by atoms with E-state index in [1.165, 1.54) is 5.39 Å². The molecule has 2 heterocycles. The van der Waals surface area contributed by atoms with E-state index >= 15 is 0 Å². The van der Waals surface area contributed by atoms with E-state index in [1.807, 2.05) is 12.1 Å². The zero-order chi connectivity index (χ0) is 16.3. The number of aromatic amines is 1. The number of carbonyl (C=O) groups is 1. The van der Waals surface area contributed by atoms with Gasteiger partial charge in [-0.3, -0.25) is 0 Å². The second-order valence-corrected chi connectivity index (χ2v) is 7.43. The molecule has 1 aromatic carbocycles. The molecule has 124 valence electrons. The summed E-state index contributed by atoms with van der Waals surface area (Å²) in [5.74, 6) is 0.625. The van der Waals surface area contributed by atoms with Gasteiger partial charge < -0.3 is 14.5 Å². The number of H-pyrrole nitrogens is 1. The van der Waals surface area contributed by atoms with Crippen molar-refractivity contribution in [1.29, 1.82) is 0 Å². The molecule has 24 heavy (non-hydrogen) atoms. The van der Waals surface area contributed by atoms with Crippen molar-refractivity contribution in [2.75, 3.05) is 0 Å². The van der Waals surface area contributed by atoms with E-state index in [9.17, 15) is 4.79 Å². The van der Waals surface area contributed by atoms with Crippen LogP contribution >= 0.6 is 0 Å². The number of esters is 1. The van der Waals surface area contributed by atoms with Crippen LogP contribution in [0.15, 0.2) is 42.0 Å². The molecular formula is C20H21NO3. The summed E-state index contributed by atoms with van der Waals surface area (Å²) in [6, 6.07) is 10.3. The quantitative estimate of drug-likeness (QED) is 0.876. The summed E-state index contributed by atoms with van der Waals surface area (Å²) in [6.07, 6.45) is 5.02. The molecule has 3 aliphatic rings. The van der Waals surface area contributed by atoms with Gasteiger partial charge in [-0.2, -0.15) is 0 Å². The molecule has 2 aliphatic carbocycles. The molecule has 1 aromatic heterocycles. The summed E-state index contributed by atoms with van der Waals surface area (Å²) in [5.41, 5.74) is 2.40. The Kier molecular flexibility index (Phi) is 2.95. The van der Waals surface area contributed by atoms with Gasteiger partial charge in [-0.05, 0) is 48.6 Å². The zero-order valence-electron chi connectivity index (χ0n) is 13.7. The standard InChI is InChI=1S/C20H21NO3/c1-12-8-14-6-7-18-20(14,16(9-12)19(22)24-18)23-11-15-10-13-4-2-3-5-17(13)21-15/h2-5,9-10,12,14,18,21H,6-8,11H2,1H3/t12-,14?,18+,20-/m0/s1. The number of para-hydroxylation sites is 1. The number of allylic oxidation sites excluding steroid dienone is 1. The van der Waals surface area contributed by atoms with E-state index in [-0.39, 0.29) is 12.1 Å². The lowest BCUT2D eigenvalue weighted by atomic mass is 9.73. The molecule has 0 amide bonds. The Hall–Kier alpha value is -2.07. The predicted octanol–water partition coefficient (Wildman–Crippen LogP) is 3.72. The molecule has 2 fully saturated rings. The second-order valence-electron chi connectivity index (χ2n) is 7.43. The van der Waals surface area contributed by atoms with Gasteiger partial charge in [0, 0.05) is 11.2 Å². The molecule has 5 rings (SSSR count). The van der Waals surface area contributed by atoms with Crippen LogP contribution in [-0.2, 0) is 20.9 Å². The Morgan fingerprint density at radius 3 is 3.08 bits per heavy atom. The lowest BCUT2D eigenvalue weighted by molar-refractivity contribution is -0.142. The van der Waals surface area contributed by atoms with Gasteiger partial charge in [0.05, 0.1) is 12.2 Å². The molecule has 1 saturated carbocycles. The third kappa shape index (κ3) is 1.86. The van der Waals surface area contributed by atoms with Crippen LogP contribution in [0, 0.1) is 11.8 Å². The van der Waals surface area contributed by atoms with Gasteiger partial charge in [-0.1, -0.05) is 31.2 Å². The number of carbonyl (C=O) groups excluding carboxylic acids is 1. The smallest absolute Gasteiger partial charge is 0.337 e. The van der Waals surface area contributed by atoms with Crippen molar-refractivity contribution in [3.8, 4) is 0 Å². The summed E-state index contributed by atoms with van der Waals surface area (Å²) >= 11 is 0. The largest absolute Gasteiger partial charge is 0.455 e. The molecule has 0 spiro atoms. The maximum absolute atomic E-state index is 12.3. The number of ether oxygens (including phenoxy) is 2. The lowest BCUT2D eigenvalue weighted by Gasteiger charge is -2.38. The number of aromatic nitrogens is 1. The minimum atomic E-state index is -0.527. The molecule has 0 radical (unpaired) electrons. The van der Waals surface area contributed by atoms with Gasteiger partial charge in [0.15, 0.2) is 0 Å². The SMILES string of the molecule is C[C@@H]1C=C2C(=O)O[C@@H]3CCC(C1)[C@]23OCc1cc2ccccc2[nH]1. The van der Waals surface area contributed by atoms with E-state index in [0.29, 0.717) is 18.4 Å². The molecular weight excluding hydrogens is 302 g/mol. The third-order valence-corrected chi connectivity index (χ3v) is 5.91. The van der Waals surface area contributed by atoms with Gasteiger partial charge in [-0.25, -0.2) is 4.79 Å². The van der Waals surface area contributed by atoms with Crippen LogP contribution < -0.4 is 0 Å². The highest BCUT2D eigenvalue weighted by atomic mass is 16.6. The maximum atomic E-state index is 12.3. The molecule has 1 saturated heterocycles. The summed E-state index contributed by atoms with van der Waals surface area (Å²) in [6.45, 7) is 2.65. The number of rotatable bonds is 3. The fraction of sp³-hybridized carbons (Fsp3) is 0.450. The van der Waals surface area contributed by atoms with Crippen LogP contribution in [0.25, 0.3) is 10.9 Å². The number of hydrogen-bond acceptors (Lipinski definition) is 3. The molecule has 4 atom stereocenters. The summed E-state index contributed by atoms with van der Waals surface area (Å²) in [5, 5.41) is 1.18. The summed E-state index contributed by atoms with van der Waals surface area (Å²) < 4.78 is 12.1. The van der Waals surface area contributed by atoms with Gasteiger partial charge in [0.2, 0.25) is 0 Å². The summed E-state index contributed by atoms with van der Waals surface area (Å²) in [4.78, 5) is 15.7. The van der Waals surface area contributed by atoms with Crippen molar-refractivity contribution >= 4 is 16.9 Å². The minimum absolute atomic E-state index is 0.113. The van der Waals surface area contributed by atoms with Crippen LogP contribution in [0.2, 0.25) is 0 Å². The molecule has 0 bridgehead atoms. The van der Waals surface area contributed by atoms with Crippen LogP contribution in [0.1, 0.15) is 31.9 Å². The van der Waals surface area contributed by atoms with Crippen molar-refractivity contribution in [3.05, 3.63) is 47.7 Å². The van der Waals surface area contributed by atoms with Crippen molar-refractivity contribution in [1.82, 2.24) is 4.98 Å². The highest BCUT2D eigenvalue weighted by molar-refractivity contribution is 5.94. The van der Waals surface area contributed by atoms with Gasteiger partial charge >= 0.3 is 5.97 Å². The summed E-state index contributed by atoms with van der Waals surface area (Å²) in [7, 11) is 0.